The first-order chi connectivity index (χ1) is 12.6. The van der Waals surface area contributed by atoms with Gasteiger partial charge in [-0.1, -0.05) is 11.5 Å². The molecule has 2 aromatic rings. The molecule has 6 heteroatoms. The Morgan fingerprint density at radius 1 is 1.46 bits per heavy atom. The fourth-order valence-electron chi connectivity index (χ4n) is 2.49. The van der Waals surface area contributed by atoms with Crippen LogP contribution in [-0.4, -0.2) is 22.9 Å². The van der Waals surface area contributed by atoms with Gasteiger partial charge < -0.3 is 5.32 Å². The van der Waals surface area contributed by atoms with Crippen LogP contribution in [-0.2, 0) is 0 Å². The zero-order valence-corrected chi connectivity index (χ0v) is 15.8. The third-order valence-corrected chi connectivity index (χ3v) is 5.04. The Hall–Kier alpha value is -2.96. The minimum absolute atomic E-state index is 0. The number of rotatable bonds is 4. The lowest BCUT2D eigenvalue weighted by Crippen LogP contribution is -2.13. The molecule has 26 heavy (non-hydrogen) atoms. The molecule has 0 atom stereocenters. The first kappa shape index (κ1) is 17.8. The Morgan fingerprint density at radius 3 is 2.88 bits per heavy atom. The summed E-state index contributed by atoms with van der Waals surface area (Å²) in [7, 11) is 1.75. The van der Waals surface area contributed by atoms with Gasteiger partial charge >= 0.3 is 0 Å². The number of aliphatic imine (C=N–C) groups is 1. The van der Waals surface area contributed by atoms with Crippen LogP contribution < -0.4 is 5.32 Å². The third-order valence-electron chi connectivity index (χ3n) is 4.06. The molecule has 0 amide bonds. The normalized spacial score (nSPS) is 14.4. The lowest BCUT2D eigenvalue weighted by Gasteiger charge is -2.09. The van der Waals surface area contributed by atoms with Gasteiger partial charge in [-0.05, 0) is 50.8 Å². The van der Waals surface area contributed by atoms with Gasteiger partial charge in [0.15, 0.2) is 11.6 Å². The van der Waals surface area contributed by atoms with E-state index in [2.05, 4.69) is 51.2 Å². The number of thiophene rings is 1. The molecule has 0 spiro atoms. The van der Waals surface area contributed by atoms with Gasteiger partial charge in [0.25, 0.3) is 0 Å². The van der Waals surface area contributed by atoms with Crippen molar-refractivity contribution in [2.24, 2.45) is 10.9 Å². The summed E-state index contributed by atoms with van der Waals surface area (Å²) >= 11 is 1.37. The summed E-state index contributed by atoms with van der Waals surface area (Å²) in [5.74, 6) is 8.54. The second-order valence-electron chi connectivity index (χ2n) is 6.00. The Kier molecular flexibility index (Phi) is 5.46. The average molecular weight is 366 g/mol. The van der Waals surface area contributed by atoms with E-state index in [1.165, 1.54) is 29.8 Å². The summed E-state index contributed by atoms with van der Waals surface area (Å²) in [5, 5.41) is 12.3. The number of amidine groups is 1. The molecule has 1 aliphatic carbocycles. The summed E-state index contributed by atoms with van der Waals surface area (Å²) in [6.07, 6.45) is 6.28. The molecule has 2 aromatic heterocycles. The largest absolute Gasteiger partial charge is 0.324 e. The average Bonchev–Trinajstić information content (AvgIpc) is 3.40. The third kappa shape index (κ3) is 4.17. The fourth-order valence-corrected chi connectivity index (χ4v) is 3.23. The summed E-state index contributed by atoms with van der Waals surface area (Å²) < 4.78 is 0. The van der Waals surface area contributed by atoms with Crippen molar-refractivity contribution >= 4 is 23.0 Å². The quantitative estimate of drug-likeness (QED) is 0.482. The second-order valence-corrected chi connectivity index (χ2v) is 7.09. The van der Waals surface area contributed by atoms with Crippen molar-refractivity contribution in [1.29, 1.82) is 5.26 Å². The first-order valence-corrected chi connectivity index (χ1v) is 9.18. The maximum absolute atomic E-state index is 9.02. The van der Waals surface area contributed by atoms with Gasteiger partial charge in [0.05, 0.1) is 10.4 Å². The molecular formula is C20H23N5S. The van der Waals surface area contributed by atoms with Gasteiger partial charge in [0.1, 0.15) is 16.8 Å². The highest BCUT2D eigenvalue weighted by atomic mass is 32.1. The number of anilines is 1. The zero-order valence-electron chi connectivity index (χ0n) is 15.0. The molecule has 0 aromatic carbocycles. The van der Waals surface area contributed by atoms with Crippen molar-refractivity contribution in [3.05, 3.63) is 40.4 Å². The molecule has 1 fully saturated rings. The fraction of sp³-hybridized carbons (Fsp3) is 0.300. The van der Waals surface area contributed by atoms with E-state index in [4.69, 9.17) is 5.26 Å². The molecule has 0 saturated heterocycles. The molecule has 5 nitrogen and oxygen atoms in total. The van der Waals surface area contributed by atoms with Crippen molar-refractivity contribution in [3.8, 4) is 28.6 Å². The Bertz CT molecular complexity index is 988. The number of allylic oxidation sites excluding steroid dienone is 1. The summed E-state index contributed by atoms with van der Waals surface area (Å²) in [4.78, 5) is 14.8. The summed E-state index contributed by atoms with van der Waals surface area (Å²) in [6.45, 7) is 3.92. The predicted molar refractivity (Wildman–Crippen MR) is 110 cm³/mol. The Morgan fingerprint density at radius 2 is 2.27 bits per heavy atom. The zero-order chi connectivity index (χ0) is 18.5. The maximum Gasteiger partial charge on any atom is 0.171 e. The number of nitrogens with one attached hydrogen (secondary N) is 1. The molecule has 1 N–H and O–H groups in total. The molecule has 2 heterocycles. The van der Waals surface area contributed by atoms with E-state index in [0.717, 1.165) is 10.7 Å². The number of nitrogens with zero attached hydrogens (tertiary/aromatic N) is 4. The molecule has 0 aliphatic heterocycles. The van der Waals surface area contributed by atoms with E-state index < -0.39 is 0 Å². The first-order valence-electron chi connectivity index (χ1n) is 8.36. The predicted octanol–water partition coefficient (Wildman–Crippen LogP) is 4.74. The molecule has 0 bridgehead atoms. The van der Waals surface area contributed by atoms with Crippen LogP contribution in [0.15, 0.2) is 35.0 Å². The van der Waals surface area contributed by atoms with Crippen LogP contribution in [0, 0.1) is 29.1 Å². The van der Waals surface area contributed by atoms with Gasteiger partial charge in [-0.3, -0.25) is 4.99 Å². The number of hydrogen-bond acceptors (Lipinski definition) is 5. The van der Waals surface area contributed by atoms with Crippen molar-refractivity contribution in [1.82, 2.24) is 9.97 Å². The van der Waals surface area contributed by atoms with E-state index in [-0.39, 0.29) is 2.85 Å². The van der Waals surface area contributed by atoms with Crippen molar-refractivity contribution in [2.75, 3.05) is 12.4 Å². The van der Waals surface area contributed by atoms with Crippen molar-refractivity contribution < 1.29 is 2.85 Å². The molecular weight excluding hydrogens is 342 g/mol. The molecule has 134 valence electrons. The van der Waals surface area contributed by atoms with Crippen molar-refractivity contribution in [3.63, 3.8) is 0 Å². The van der Waals surface area contributed by atoms with E-state index in [9.17, 15) is 0 Å². The highest BCUT2D eigenvalue weighted by Gasteiger charge is 2.23. The molecule has 1 saturated carbocycles. The van der Waals surface area contributed by atoms with Gasteiger partial charge in [0, 0.05) is 16.1 Å². The standard InChI is InChI=1S/C20H19N5S.2H2/c1-4-5-15-12-23-20(17-9-8-16(11-21)26-17)25-19(15)24-18(22-3)10-13(2)14-6-7-14;;/h8-10,12,14H,6-7H2,1-3H3,(H,22,23,24,25);2*1H/b13-10+;;. The van der Waals surface area contributed by atoms with E-state index in [1.54, 1.807) is 26.2 Å². The van der Waals surface area contributed by atoms with Crippen LogP contribution in [0.4, 0.5) is 5.82 Å². The van der Waals surface area contributed by atoms with Crippen LogP contribution in [0.5, 0.6) is 0 Å². The SMILES string of the molecule is CC#Cc1cnc(-c2ccc(C#N)s2)nc1NC(/C=C(\C)C1CC1)=NC.[HH].[HH]. The van der Waals surface area contributed by atoms with Crippen LogP contribution in [0.1, 0.15) is 40.0 Å². The van der Waals surface area contributed by atoms with E-state index >= 15 is 0 Å². The van der Waals surface area contributed by atoms with Crippen LogP contribution in [0.2, 0.25) is 0 Å². The number of aromatic nitrogens is 2. The van der Waals surface area contributed by atoms with Crippen molar-refractivity contribution in [2.45, 2.75) is 26.7 Å². The van der Waals surface area contributed by atoms with E-state index in [0.29, 0.717) is 28.0 Å². The molecule has 3 rings (SSSR count). The minimum atomic E-state index is 0. The smallest absolute Gasteiger partial charge is 0.171 e. The van der Waals surface area contributed by atoms with Gasteiger partial charge in [-0.25, -0.2) is 9.97 Å². The second kappa shape index (κ2) is 7.95. The lowest BCUT2D eigenvalue weighted by atomic mass is 10.2. The minimum Gasteiger partial charge on any atom is -0.324 e. The van der Waals surface area contributed by atoms with Crippen LogP contribution in [0.25, 0.3) is 10.7 Å². The van der Waals surface area contributed by atoms with E-state index in [1.807, 2.05) is 6.07 Å². The number of hydrogen-bond donors (Lipinski definition) is 1. The maximum atomic E-state index is 9.02. The highest BCUT2D eigenvalue weighted by Crippen LogP contribution is 2.36. The number of nitriles is 1. The molecule has 0 radical (unpaired) electrons. The molecule has 1 aliphatic rings. The van der Waals surface area contributed by atoms with Gasteiger partial charge in [0.2, 0.25) is 0 Å². The monoisotopic (exact) mass is 365 g/mol. The highest BCUT2D eigenvalue weighted by molar-refractivity contribution is 7.15. The van der Waals surface area contributed by atoms with Gasteiger partial charge in [-0.2, -0.15) is 5.26 Å². The lowest BCUT2D eigenvalue weighted by molar-refractivity contribution is 1.01. The van der Waals surface area contributed by atoms with Crippen LogP contribution in [0.3, 0.4) is 0 Å². The summed E-state index contributed by atoms with van der Waals surface area (Å²) in [5.41, 5.74) is 2.04. The van der Waals surface area contributed by atoms with Crippen LogP contribution >= 0.6 is 11.3 Å². The Balaban J connectivity index is 0.00000196. The molecule has 0 unspecified atom stereocenters. The Labute approximate surface area is 160 Å². The summed E-state index contributed by atoms with van der Waals surface area (Å²) in [6, 6.07) is 5.78. The van der Waals surface area contributed by atoms with Gasteiger partial charge in [-0.15, -0.1) is 17.3 Å². The topological polar surface area (TPSA) is 74.0 Å².